The van der Waals surface area contributed by atoms with E-state index in [-0.39, 0.29) is 44.6 Å². The maximum absolute atomic E-state index is 13.2. The summed E-state index contributed by atoms with van der Waals surface area (Å²) in [7, 11) is 0. The molecule has 1 aromatic carbocycles. The number of carbonyl (C=O) groups excluding carboxylic acids is 3. The van der Waals surface area contributed by atoms with Crippen LogP contribution in [0.5, 0.6) is 0 Å². The van der Waals surface area contributed by atoms with E-state index in [2.05, 4.69) is 10.3 Å². The van der Waals surface area contributed by atoms with Crippen molar-refractivity contribution in [3.63, 3.8) is 0 Å². The standard InChI is InChI=1S/C27H34N4O7/c1-27(2,3)38-26(35)30(11-13-36-15-16-37-14-12-32)18-6-7-21-20(17-18)19-5-4-10-28-24(19)31(21)22-8-9-23(33)29-25(22)34/h4-7,10,17,22,32H,8-9,11-16H2,1-3H3,(H,29,33,34). The van der Waals surface area contributed by atoms with Crippen LogP contribution in [0.2, 0.25) is 0 Å². The van der Waals surface area contributed by atoms with Gasteiger partial charge in [-0.2, -0.15) is 0 Å². The Balaban J connectivity index is 1.67. The maximum atomic E-state index is 13.2. The largest absolute Gasteiger partial charge is 0.443 e. The number of hydrogen-bond acceptors (Lipinski definition) is 8. The number of hydrogen-bond donors (Lipinski definition) is 2. The zero-order valence-electron chi connectivity index (χ0n) is 21.9. The van der Waals surface area contributed by atoms with Crippen LogP contribution < -0.4 is 10.2 Å². The molecular weight excluding hydrogens is 492 g/mol. The van der Waals surface area contributed by atoms with Crippen molar-refractivity contribution in [2.75, 3.05) is 44.5 Å². The van der Waals surface area contributed by atoms with Crippen LogP contribution in [0.3, 0.4) is 0 Å². The molecular formula is C27H34N4O7. The Morgan fingerprint density at radius 1 is 1.13 bits per heavy atom. The van der Waals surface area contributed by atoms with Gasteiger partial charge in [-0.15, -0.1) is 0 Å². The molecule has 3 aromatic rings. The van der Waals surface area contributed by atoms with E-state index < -0.39 is 17.7 Å². The van der Waals surface area contributed by atoms with E-state index in [9.17, 15) is 14.4 Å². The Bertz CT molecular complexity index is 1310. The number of aliphatic hydroxyl groups excluding tert-OH is 1. The SMILES string of the molecule is CC(C)(C)OC(=O)N(CCOCCOCCO)c1ccc2c(c1)c1cccnc1n2C1CCC(=O)NC1=O. The quantitative estimate of drug-likeness (QED) is 0.304. The summed E-state index contributed by atoms with van der Waals surface area (Å²) in [6.07, 6.45) is 1.79. The summed E-state index contributed by atoms with van der Waals surface area (Å²) in [5.41, 5.74) is 1.32. The maximum Gasteiger partial charge on any atom is 0.414 e. The van der Waals surface area contributed by atoms with E-state index in [4.69, 9.17) is 19.3 Å². The molecule has 2 N–H and O–H groups in total. The van der Waals surface area contributed by atoms with Crippen LogP contribution in [0.15, 0.2) is 36.5 Å². The Kier molecular flexibility index (Phi) is 8.60. The molecule has 3 heterocycles. The molecule has 1 aliphatic rings. The minimum Gasteiger partial charge on any atom is -0.443 e. The Labute approximate surface area is 220 Å². The lowest BCUT2D eigenvalue weighted by atomic mass is 10.1. The topological polar surface area (TPSA) is 132 Å². The Morgan fingerprint density at radius 2 is 1.89 bits per heavy atom. The molecule has 38 heavy (non-hydrogen) atoms. The van der Waals surface area contributed by atoms with E-state index in [1.54, 1.807) is 33.0 Å². The Morgan fingerprint density at radius 3 is 2.61 bits per heavy atom. The average Bonchev–Trinajstić information content (AvgIpc) is 3.18. The summed E-state index contributed by atoms with van der Waals surface area (Å²) in [5.74, 6) is -0.636. The highest BCUT2D eigenvalue weighted by Gasteiger charge is 2.31. The first-order chi connectivity index (χ1) is 18.2. The molecule has 1 saturated heterocycles. The molecule has 204 valence electrons. The highest BCUT2D eigenvalue weighted by atomic mass is 16.6. The van der Waals surface area contributed by atoms with Gasteiger partial charge in [-0.25, -0.2) is 9.78 Å². The van der Waals surface area contributed by atoms with Crippen molar-refractivity contribution >= 4 is 45.5 Å². The second-order valence-corrected chi connectivity index (χ2v) is 9.99. The molecule has 11 heteroatoms. The van der Waals surface area contributed by atoms with Gasteiger partial charge < -0.3 is 23.9 Å². The number of nitrogens with one attached hydrogen (secondary N) is 1. The highest BCUT2D eigenvalue weighted by Crippen LogP contribution is 2.35. The minimum atomic E-state index is -0.690. The summed E-state index contributed by atoms with van der Waals surface area (Å²) in [6.45, 7) is 6.77. The molecule has 1 fully saturated rings. The number of imide groups is 1. The number of piperidine rings is 1. The van der Waals surface area contributed by atoms with Crippen molar-refractivity contribution in [2.24, 2.45) is 0 Å². The number of ether oxygens (including phenoxy) is 3. The number of fused-ring (bicyclic) bond motifs is 3. The van der Waals surface area contributed by atoms with Gasteiger partial charge in [-0.1, -0.05) is 0 Å². The first kappa shape index (κ1) is 27.5. The smallest absolute Gasteiger partial charge is 0.414 e. The molecule has 0 aliphatic carbocycles. The van der Waals surface area contributed by atoms with Crippen molar-refractivity contribution in [2.45, 2.75) is 45.3 Å². The van der Waals surface area contributed by atoms with Gasteiger partial charge >= 0.3 is 6.09 Å². The zero-order chi connectivity index (χ0) is 27.3. The van der Waals surface area contributed by atoms with Gasteiger partial charge in [0.25, 0.3) is 0 Å². The lowest BCUT2D eigenvalue weighted by Gasteiger charge is -2.28. The molecule has 1 atom stereocenters. The first-order valence-electron chi connectivity index (χ1n) is 12.7. The average molecular weight is 527 g/mol. The van der Waals surface area contributed by atoms with Gasteiger partial charge in [0.1, 0.15) is 17.3 Å². The second-order valence-electron chi connectivity index (χ2n) is 9.99. The number of aromatic nitrogens is 2. The van der Waals surface area contributed by atoms with E-state index in [0.717, 1.165) is 16.3 Å². The van der Waals surface area contributed by atoms with E-state index >= 15 is 0 Å². The van der Waals surface area contributed by atoms with Crippen LogP contribution in [0.25, 0.3) is 21.9 Å². The molecule has 1 aliphatic heterocycles. The Hall–Kier alpha value is -3.54. The van der Waals surface area contributed by atoms with Crippen molar-refractivity contribution < 1.29 is 33.7 Å². The molecule has 3 amide bonds. The van der Waals surface area contributed by atoms with Crippen LogP contribution >= 0.6 is 0 Å². The van der Waals surface area contributed by atoms with E-state index in [1.807, 2.05) is 28.8 Å². The fourth-order valence-corrected chi connectivity index (χ4v) is 4.46. The minimum absolute atomic E-state index is 0.0512. The van der Waals surface area contributed by atoms with Gasteiger partial charge in [-0.05, 0) is 57.5 Å². The molecule has 2 aromatic heterocycles. The summed E-state index contributed by atoms with van der Waals surface area (Å²) in [4.78, 5) is 43.7. The third-order valence-corrected chi connectivity index (χ3v) is 6.06. The summed E-state index contributed by atoms with van der Waals surface area (Å²) < 4.78 is 18.4. The van der Waals surface area contributed by atoms with E-state index in [1.165, 1.54) is 4.90 Å². The third kappa shape index (κ3) is 6.29. The molecule has 11 nitrogen and oxygen atoms in total. The van der Waals surface area contributed by atoms with Gasteiger partial charge in [0.05, 0.1) is 45.1 Å². The predicted octanol–water partition coefficient (Wildman–Crippen LogP) is 2.93. The molecule has 0 radical (unpaired) electrons. The number of rotatable bonds is 10. The number of nitrogens with zero attached hydrogens (tertiary/aromatic N) is 3. The van der Waals surface area contributed by atoms with Crippen molar-refractivity contribution in [3.8, 4) is 0 Å². The molecule has 0 spiro atoms. The fourth-order valence-electron chi connectivity index (χ4n) is 4.46. The monoisotopic (exact) mass is 526 g/mol. The van der Waals surface area contributed by atoms with Crippen molar-refractivity contribution in [1.29, 1.82) is 0 Å². The molecule has 0 saturated carbocycles. The normalized spacial score (nSPS) is 16.2. The lowest BCUT2D eigenvalue weighted by Crippen LogP contribution is -2.41. The van der Waals surface area contributed by atoms with Gasteiger partial charge in [0, 0.05) is 29.1 Å². The number of benzene rings is 1. The number of pyridine rings is 1. The lowest BCUT2D eigenvalue weighted by molar-refractivity contribution is -0.135. The van der Waals surface area contributed by atoms with Gasteiger partial charge in [0.2, 0.25) is 11.8 Å². The van der Waals surface area contributed by atoms with Crippen LogP contribution in [0, 0.1) is 0 Å². The zero-order valence-corrected chi connectivity index (χ0v) is 21.9. The predicted molar refractivity (Wildman–Crippen MR) is 141 cm³/mol. The summed E-state index contributed by atoms with van der Waals surface area (Å²) >= 11 is 0. The number of aliphatic hydroxyl groups is 1. The first-order valence-corrected chi connectivity index (χ1v) is 12.7. The van der Waals surface area contributed by atoms with Gasteiger partial charge in [-0.3, -0.25) is 19.8 Å². The second kappa shape index (κ2) is 11.9. The number of anilines is 1. The van der Waals surface area contributed by atoms with Gasteiger partial charge in [0.15, 0.2) is 0 Å². The highest BCUT2D eigenvalue weighted by molar-refractivity contribution is 6.10. The van der Waals surface area contributed by atoms with Crippen molar-refractivity contribution in [1.82, 2.24) is 14.9 Å². The third-order valence-electron chi connectivity index (χ3n) is 6.06. The number of amides is 3. The van der Waals surface area contributed by atoms with E-state index in [0.29, 0.717) is 31.0 Å². The number of carbonyl (C=O) groups is 3. The molecule has 0 bridgehead atoms. The van der Waals surface area contributed by atoms with Crippen LogP contribution in [-0.2, 0) is 23.8 Å². The summed E-state index contributed by atoms with van der Waals surface area (Å²) in [5, 5.41) is 12.9. The van der Waals surface area contributed by atoms with Crippen LogP contribution in [0.4, 0.5) is 10.5 Å². The van der Waals surface area contributed by atoms with Crippen LogP contribution in [0.1, 0.15) is 39.7 Å². The summed E-state index contributed by atoms with van der Waals surface area (Å²) in [6, 6.07) is 8.72. The molecule has 1 unspecified atom stereocenters. The fraction of sp³-hybridized carbons (Fsp3) is 0.481. The van der Waals surface area contributed by atoms with Crippen LogP contribution in [-0.4, -0.2) is 77.7 Å². The van der Waals surface area contributed by atoms with Crippen molar-refractivity contribution in [3.05, 3.63) is 36.5 Å². The molecule has 4 rings (SSSR count).